The van der Waals surface area contributed by atoms with Crippen molar-refractivity contribution in [3.63, 3.8) is 0 Å². The van der Waals surface area contributed by atoms with E-state index < -0.39 is 0 Å². The number of nitrogens with zero attached hydrogens (tertiary/aromatic N) is 3. The predicted molar refractivity (Wildman–Crippen MR) is 41.1 cm³/mol. The lowest BCUT2D eigenvalue weighted by atomic mass is 10.4. The lowest BCUT2D eigenvalue weighted by Crippen LogP contribution is -2.18. The molecule has 0 bridgehead atoms. The van der Waals surface area contributed by atoms with Crippen LogP contribution >= 0.6 is 0 Å². The van der Waals surface area contributed by atoms with Crippen molar-refractivity contribution in [1.29, 1.82) is 5.26 Å². The molecule has 12 heavy (non-hydrogen) atoms. The second-order valence-corrected chi connectivity index (χ2v) is 2.24. The normalized spacial score (nSPS) is 9.58. The van der Waals surface area contributed by atoms with Gasteiger partial charge in [0.1, 0.15) is 0 Å². The van der Waals surface area contributed by atoms with E-state index in [1.807, 2.05) is 6.07 Å². The molecule has 0 fully saturated rings. The maximum Gasteiger partial charge on any atom is 0.227 e. The van der Waals surface area contributed by atoms with E-state index in [4.69, 9.17) is 9.78 Å². The van der Waals surface area contributed by atoms with Gasteiger partial charge in [-0.2, -0.15) is 10.2 Å². The van der Waals surface area contributed by atoms with Crippen LogP contribution in [0.5, 0.6) is 0 Å². The summed E-state index contributed by atoms with van der Waals surface area (Å²) in [6, 6.07) is 2.05. The van der Waals surface area contributed by atoms with Crippen LogP contribution in [-0.4, -0.2) is 23.2 Å². The van der Waals surface area contributed by atoms with Crippen molar-refractivity contribution < 1.29 is 4.52 Å². The zero-order valence-corrected chi connectivity index (χ0v) is 6.66. The molecule has 1 N–H and O–H groups in total. The van der Waals surface area contributed by atoms with E-state index in [0.29, 0.717) is 25.3 Å². The fraction of sp³-hybridized carbons (Fsp3) is 0.571. The van der Waals surface area contributed by atoms with E-state index in [2.05, 4.69) is 15.5 Å². The summed E-state index contributed by atoms with van der Waals surface area (Å²) in [6.07, 6.45) is 2.62. The summed E-state index contributed by atoms with van der Waals surface area (Å²) in [4.78, 5) is 3.85. The molecule has 5 heteroatoms. The van der Waals surface area contributed by atoms with Crippen LogP contribution in [-0.2, 0) is 6.42 Å². The standard InChI is InChI=1S/C7H10N4O/c8-3-1-4-9-5-2-7-10-6-11-12-7/h6,9H,1-2,4-5H2. The number of hydrogen-bond acceptors (Lipinski definition) is 5. The molecule has 0 amide bonds. The Morgan fingerprint density at radius 2 is 2.50 bits per heavy atom. The van der Waals surface area contributed by atoms with Crippen molar-refractivity contribution in [3.05, 3.63) is 12.2 Å². The average molecular weight is 166 g/mol. The molecule has 0 saturated heterocycles. The minimum atomic E-state index is 0.532. The molecule has 1 aromatic heterocycles. The monoisotopic (exact) mass is 166 g/mol. The van der Waals surface area contributed by atoms with Gasteiger partial charge in [0.25, 0.3) is 0 Å². The molecule has 0 aliphatic rings. The fourth-order valence-electron chi connectivity index (χ4n) is 0.771. The van der Waals surface area contributed by atoms with Crippen molar-refractivity contribution in [2.24, 2.45) is 0 Å². The molecule has 0 aliphatic heterocycles. The van der Waals surface area contributed by atoms with Gasteiger partial charge in [-0.25, -0.2) is 0 Å². The maximum absolute atomic E-state index is 8.22. The summed E-state index contributed by atoms with van der Waals surface area (Å²) in [5.74, 6) is 0.624. The Hall–Kier alpha value is -1.41. The Bertz CT molecular complexity index is 238. The third kappa shape index (κ3) is 3.12. The van der Waals surface area contributed by atoms with Crippen molar-refractivity contribution in [1.82, 2.24) is 15.5 Å². The van der Waals surface area contributed by atoms with Crippen LogP contribution in [0, 0.1) is 11.3 Å². The van der Waals surface area contributed by atoms with E-state index in [1.54, 1.807) is 0 Å². The average Bonchev–Trinajstić information content (AvgIpc) is 2.57. The topological polar surface area (TPSA) is 74.7 Å². The number of rotatable bonds is 5. The molecule has 0 aliphatic carbocycles. The Morgan fingerprint density at radius 3 is 3.17 bits per heavy atom. The third-order valence-electron chi connectivity index (χ3n) is 1.34. The van der Waals surface area contributed by atoms with Crippen molar-refractivity contribution in [2.75, 3.05) is 13.1 Å². The van der Waals surface area contributed by atoms with Crippen molar-refractivity contribution in [2.45, 2.75) is 12.8 Å². The highest BCUT2D eigenvalue weighted by Gasteiger charge is 1.96. The van der Waals surface area contributed by atoms with Gasteiger partial charge in [-0.15, -0.1) is 0 Å². The molecule has 0 aromatic carbocycles. The second kappa shape index (κ2) is 5.27. The summed E-state index contributed by atoms with van der Waals surface area (Å²) in [7, 11) is 0. The van der Waals surface area contributed by atoms with Gasteiger partial charge in [0, 0.05) is 25.9 Å². The van der Waals surface area contributed by atoms with Crippen molar-refractivity contribution in [3.8, 4) is 6.07 Å². The van der Waals surface area contributed by atoms with Crippen LogP contribution in [0.2, 0.25) is 0 Å². The molecule has 64 valence electrons. The SMILES string of the molecule is N#CCCNCCc1ncno1. The lowest BCUT2D eigenvalue weighted by Gasteiger charge is -1.96. The van der Waals surface area contributed by atoms with E-state index in [1.165, 1.54) is 6.33 Å². The molecule has 1 aromatic rings. The Labute approximate surface area is 70.4 Å². The second-order valence-electron chi connectivity index (χ2n) is 2.24. The van der Waals surface area contributed by atoms with Gasteiger partial charge in [-0.1, -0.05) is 5.16 Å². The highest BCUT2D eigenvalue weighted by molar-refractivity contribution is 4.76. The van der Waals surface area contributed by atoms with Crippen LogP contribution in [0.15, 0.2) is 10.9 Å². The highest BCUT2D eigenvalue weighted by atomic mass is 16.5. The highest BCUT2D eigenvalue weighted by Crippen LogP contribution is 1.89. The first-order valence-corrected chi connectivity index (χ1v) is 3.76. The Morgan fingerprint density at radius 1 is 1.58 bits per heavy atom. The summed E-state index contributed by atoms with van der Waals surface area (Å²) < 4.78 is 4.77. The number of hydrogen-bond donors (Lipinski definition) is 1. The maximum atomic E-state index is 8.22. The zero-order chi connectivity index (χ0) is 8.65. The van der Waals surface area contributed by atoms with Gasteiger partial charge in [0.05, 0.1) is 6.07 Å². The Kier molecular flexibility index (Phi) is 3.81. The molecule has 5 nitrogen and oxygen atoms in total. The minimum Gasteiger partial charge on any atom is -0.340 e. The summed E-state index contributed by atoms with van der Waals surface area (Å²) in [5.41, 5.74) is 0. The largest absolute Gasteiger partial charge is 0.340 e. The van der Waals surface area contributed by atoms with Gasteiger partial charge in [0.2, 0.25) is 5.89 Å². The molecule has 0 atom stereocenters. The summed E-state index contributed by atoms with van der Waals surface area (Å²) >= 11 is 0. The Balaban J connectivity index is 2.01. The molecule has 0 saturated carbocycles. The molecule has 0 radical (unpaired) electrons. The smallest absolute Gasteiger partial charge is 0.227 e. The molecule has 0 spiro atoms. The van der Waals surface area contributed by atoms with E-state index in [0.717, 1.165) is 6.54 Å². The van der Waals surface area contributed by atoms with Gasteiger partial charge < -0.3 is 9.84 Å². The van der Waals surface area contributed by atoms with Gasteiger partial charge in [-0.05, 0) is 0 Å². The molecule has 1 rings (SSSR count). The predicted octanol–water partition coefficient (Wildman–Crippen LogP) is 0.115. The van der Waals surface area contributed by atoms with Crippen LogP contribution < -0.4 is 5.32 Å². The zero-order valence-electron chi connectivity index (χ0n) is 6.66. The first-order chi connectivity index (χ1) is 5.93. The molecular weight excluding hydrogens is 156 g/mol. The van der Waals surface area contributed by atoms with Crippen LogP contribution in [0.25, 0.3) is 0 Å². The van der Waals surface area contributed by atoms with Crippen LogP contribution in [0.3, 0.4) is 0 Å². The quantitative estimate of drug-likeness (QED) is 0.628. The van der Waals surface area contributed by atoms with Gasteiger partial charge >= 0.3 is 0 Å². The molecule has 0 unspecified atom stereocenters. The molecular formula is C7H10N4O. The van der Waals surface area contributed by atoms with Gasteiger partial charge in [0.15, 0.2) is 6.33 Å². The number of nitrogens with one attached hydrogen (secondary N) is 1. The van der Waals surface area contributed by atoms with Crippen LogP contribution in [0.4, 0.5) is 0 Å². The number of aromatic nitrogens is 2. The summed E-state index contributed by atoms with van der Waals surface area (Å²) in [6.45, 7) is 1.48. The third-order valence-corrected chi connectivity index (χ3v) is 1.34. The van der Waals surface area contributed by atoms with E-state index >= 15 is 0 Å². The number of nitriles is 1. The first-order valence-electron chi connectivity index (χ1n) is 3.76. The van der Waals surface area contributed by atoms with Gasteiger partial charge in [-0.3, -0.25) is 0 Å². The van der Waals surface area contributed by atoms with E-state index in [9.17, 15) is 0 Å². The van der Waals surface area contributed by atoms with Crippen LogP contribution in [0.1, 0.15) is 12.3 Å². The minimum absolute atomic E-state index is 0.532. The lowest BCUT2D eigenvalue weighted by molar-refractivity contribution is 0.375. The first kappa shape index (κ1) is 8.68. The fourth-order valence-corrected chi connectivity index (χ4v) is 0.771. The van der Waals surface area contributed by atoms with Crippen molar-refractivity contribution >= 4 is 0 Å². The summed E-state index contributed by atoms with van der Waals surface area (Å²) in [5, 5.41) is 14.8. The molecule has 1 heterocycles. The van der Waals surface area contributed by atoms with E-state index in [-0.39, 0.29) is 0 Å².